The van der Waals surface area contributed by atoms with Crippen molar-refractivity contribution in [3.8, 4) is 18.2 Å². The van der Waals surface area contributed by atoms with Gasteiger partial charge in [0.1, 0.15) is 41.1 Å². The van der Waals surface area contributed by atoms with Crippen molar-refractivity contribution in [3.63, 3.8) is 0 Å². The maximum atomic E-state index is 14.4. The predicted molar refractivity (Wildman–Crippen MR) is 70.8 cm³/mol. The Hall–Kier alpha value is -3.71. The first kappa shape index (κ1) is 17.6. The lowest BCUT2D eigenvalue weighted by Gasteiger charge is -2.09. The second kappa shape index (κ2) is 6.06. The Morgan fingerprint density at radius 2 is 1.00 bits per heavy atom. The van der Waals surface area contributed by atoms with E-state index in [2.05, 4.69) is 0 Å². The molecule has 0 aliphatic heterocycles. The Bertz CT molecular complexity index is 1180. The Morgan fingerprint density at radius 1 is 0.600 bits per heavy atom. The zero-order chi connectivity index (χ0) is 19.0. The van der Waals surface area contributed by atoms with Gasteiger partial charge in [-0.1, -0.05) is 0 Å². The molecule has 0 saturated heterocycles. The fourth-order valence-corrected chi connectivity index (χ4v) is 2.16. The van der Waals surface area contributed by atoms with Crippen LogP contribution >= 0.6 is 0 Å². The summed E-state index contributed by atoms with van der Waals surface area (Å²) < 4.78 is 84.9. The van der Waals surface area contributed by atoms with Gasteiger partial charge in [0.25, 0.3) is 0 Å². The molecule has 4 nitrogen and oxygen atoms in total. The summed E-state index contributed by atoms with van der Waals surface area (Å²) in [5.41, 5.74) is 2.54. The average molecular weight is 352 g/mol. The van der Waals surface area contributed by atoms with Crippen molar-refractivity contribution in [2.75, 3.05) is 0 Å². The number of halogens is 6. The number of nitriles is 3. The summed E-state index contributed by atoms with van der Waals surface area (Å²) >= 11 is 0. The lowest BCUT2D eigenvalue weighted by Crippen LogP contribution is -2.26. The van der Waals surface area contributed by atoms with E-state index in [0.29, 0.717) is 0 Å². The van der Waals surface area contributed by atoms with Crippen LogP contribution in [0.2, 0.25) is 0 Å². The maximum absolute atomic E-state index is 14.4. The van der Waals surface area contributed by atoms with Gasteiger partial charge in [0.15, 0.2) is 23.3 Å². The molecule has 2 aromatic carbocycles. The zero-order valence-electron chi connectivity index (χ0n) is 11.7. The van der Waals surface area contributed by atoms with E-state index in [4.69, 9.17) is 21.5 Å². The second-order valence-corrected chi connectivity index (χ2v) is 4.51. The molecule has 0 amide bonds. The summed E-state index contributed by atoms with van der Waals surface area (Å²) in [7, 11) is 0. The summed E-state index contributed by atoms with van der Waals surface area (Å²) in [6, 6.07) is 3.22. The largest absolute Gasteiger partial charge is 0.390 e. The molecule has 124 valence electrons. The number of benzene rings is 2. The highest BCUT2D eigenvalue weighted by Crippen LogP contribution is 2.26. The summed E-state index contributed by atoms with van der Waals surface area (Å²) in [6.45, 7) is 0. The Morgan fingerprint density at radius 3 is 1.40 bits per heavy atom. The Balaban J connectivity index is 3.45. The van der Waals surface area contributed by atoms with E-state index in [1.54, 1.807) is 0 Å². The van der Waals surface area contributed by atoms with E-state index in [-0.39, 0.29) is 0 Å². The van der Waals surface area contributed by atoms with Gasteiger partial charge in [-0.3, -0.25) is 0 Å². The van der Waals surface area contributed by atoms with Crippen molar-refractivity contribution >= 4 is 22.0 Å². The number of fused-ring (bicyclic) bond motifs is 1. The van der Waals surface area contributed by atoms with Crippen LogP contribution in [0, 0.1) is 68.9 Å². The first-order valence-corrected chi connectivity index (χ1v) is 6.09. The van der Waals surface area contributed by atoms with Crippen molar-refractivity contribution in [1.29, 1.82) is 15.8 Å². The molecular formula is C15H2F6N4. The zero-order valence-corrected chi connectivity index (χ0v) is 11.7. The Labute approximate surface area is 134 Å². The van der Waals surface area contributed by atoms with E-state index in [1.165, 1.54) is 0 Å². The molecule has 0 bridgehead atoms. The van der Waals surface area contributed by atoms with Gasteiger partial charge in [0.05, 0.1) is 21.2 Å². The molecule has 10 heteroatoms. The van der Waals surface area contributed by atoms with Gasteiger partial charge >= 0.3 is 0 Å². The quantitative estimate of drug-likeness (QED) is 0.573. The molecule has 0 fully saturated rings. The van der Waals surface area contributed by atoms with Gasteiger partial charge in [0.2, 0.25) is 0 Å². The third-order valence-electron chi connectivity index (χ3n) is 3.25. The SMILES string of the molecule is N#CC(C#N)=c1c(F)c(F)c2c(F)/c(=C(/N)C#N)c(F)c(F)c2c1F. The van der Waals surface area contributed by atoms with E-state index >= 15 is 0 Å². The molecule has 25 heavy (non-hydrogen) atoms. The molecule has 0 aromatic heterocycles. The first-order chi connectivity index (χ1) is 11.7. The standard InChI is InChI=1S/C15H2F6N4/c16-10-6(4(1-22)2-23)12(18)14(20)9-8(10)15(21)13(19)7(11(9)17)5(25)3-24/h25H2/b7-5-. The maximum Gasteiger partial charge on any atom is 0.172 e. The van der Waals surface area contributed by atoms with Gasteiger partial charge in [0, 0.05) is 0 Å². The van der Waals surface area contributed by atoms with Gasteiger partial charge in [-0.05, 0) is 0 Å². The van der Waals surface area contributed by atoms with Gasteiger partial charge < -0.3 is 5.73 Å². The smallest absolute Gasteiger partial charge is 0.172 e. The van der Waals surface area contributed by atoms with Crippen LogP contribution in [0.15, 0.2) is 0 Å². The van der Waals surface area contributed by atoms with Crippen LogP contribution in [0.4, 0.5) is 26.3 Å². The molecule has 0 heterocycles. The molecular weight excluding hydrogens is 350 g/mol. The van der Waals surface area contributed by atoms with E-state index in [0.717, 1.165) is 18.2 Å². The van der Waals surface area contributed by atoms with Crippen LogP contribution < -0.4 is 16.2 Å². The van der Waals surface area contributed by atoms with Crippen LogP contribution in [0.3, 0.4) is 0 Å². The molecule has 0 spiro atoms. The minimum atomic E-state index is -2.18. The molecule has 0 atom stereocenters. The van der Waals surface area contributed by atoms with Crippen LogP contribution in [0.5, 0.6) is 0 Å². The fourth-order valence-electron chi connectivity index (χ4n) is 2.16. The number of hydrogen-bond donors (Lipinski definition) is 1. The van der Waals surface area contributed by atoms with Gasteiger partial charge in [-0.25, -0.2) is 26.3 Å². The van der Waals surface area contributed by atoms with E-state index in [1.807, 2.05) is 0 Å². The van der Waals surface area contributed by atoms with E-state index < -0.39 is 67.4 Å². The van der Waals surface area contributed by atoms with Crippen molar-refractivity contribution < 1.29 is 26.3 Å². The van der Waals surface area contributed by atoms with Crippen LogP contribution in [-0.2, 0) is 0 Å². The fraction of sp³-hybridized carbons (Fsp3) is 0. The minimum Gasteiger partial charge on any atom is -0.390 e. The molecule has 0 saturated carbocycles. The molecule has 0 aliphatic carbocycles. The van der Waals surface area contributed by atoms with Crippen molar-refractivity contribution in [2.24, 2.45) is 5.73 Å². The molecule has 2 rings (SSSR count). The lowest BCUT2D eigenvalue weighted by molar-refractivity contribution is 0.471. The van der Waals surface area contributed by atoms with Crippen molar-refractivity contribution in [2.45, 2.75) is 0 Å². The second-order valence-electron chi connectivity index (χ2n) is 4.51. The van der Waals surface area contributed by atoms with Crippen LogP contribution in [0.25, 0.3) is 22.0 Å². The highest BCUT2D eigenvalue weighted by Gasteiger charge is 2.28. The normalized spacial score (nSPS) is 11.5. The van der Waals surface area contributed by atoms with E-state index in [9.17, 15) is 26.3 Å². The topological polar surface area (TPSA) is 97.4 Å². The van der Waals surface area contributed by atoms with Crippen molar-refractivity contribution in [1.82, 2.24) is 0 Å². The predicted octanol–water partition coefficient (Wildman–Crippen LogP) is 1.46. The summed E-state index contributed by atoms with van der Waals surface area (Å²) in [4.78, 5) is 0. The number of rotatable bonds is 0. The molecule has 2 aromatic rings. The average Bonchev–Trinajstić information content (AvgIpc) is 2.59. The van der Waals surface area contributed by atoms with Gasteiger partial charge in [-0.15, -0.1) is 0 Å². The summed E-state index contributed by atoms with van der Waals surface area (Å²) in [5, 5.41) is 19.5. The van der Waals surface area contributed by atoms with Crippen LogP contribution in [-0.4, -0.2) is 0 Å². The third-order valence-corrected chi connectivity index (χ3v) is 3.25. The van der Waals surface area contributed by atoms with Crippen LogP contribution in [0.1, 0.15) is 0 Å². The van der Waals surface area contributed by atoms with Crippen molar-refractivity contribution in [3.05, 3.63) is 45.3 Å². The summed E-state index contributed by atoms with van der Waals surface area (Å²) in [6.07, 6.45) is 0. The minimum absolute atomic E-state index is 1.06. The molecule has 2 N–H and O–H groups in total. The molecule has 0 aliphatic rings. The molecule has 0 unspecified atom stereocenters. The number of nitrogens with two attached hydrogens (primary N) is 1. The highest BCUT2D eigenvalue weighted by molar-refractivity contribution is 5.88. The van der Waals surface area contributed by atoms with Gasteiger partial charge in [-0.2, -0.15) is 15.8 Å². The first-order valence-electron chi connectivity index (χ1n) is 6.09. The monoisotopic (exact) mass is 352 g/mol. The summed E-state index contributed by atoms with van der Waals surface area (Å²) in [5.74, 6) is -12.7. The highest BCUT2D eigenvalue weighted by atomic mass is 19.2. The number of hydrogen-bond acceptors (Lipinski definition) is 4. The third kappa shape index (κ3) is 2.30. The Kier molecular flexibility index (Phi) is 4.28. The molecule has 0 radical (unpaired) electrons. The lowest BCUT2D eigenvalue weighted by atomic mass is 10.0. The number of nitrogens with zero attached hydrogens (tertiary/aromatic N) is 3.